The summed E-state index contributed by atoms with van der Waals surface area (Å²) in [5.74, 6) is 0.131. The number of aromatic nitrogens is 1. The molecule has 7 nitrogen and oxygen atoms in total. The van der Waals surface area contributed by atoms with Crippen LogP contribution in [0.5, 0.6) is 5.75 Å². The number of ether oxygens (including phenoxy) is 3. The second-order valence-electron chi connectivity index (χ2n) is 7.85. The fraction of sp³-hybridized carbons (Fsp3) is 0.240. The first-order valence-corrected chi connectivity index (χ1v) is 11.1. The van der Waals surface area contributed by atoms with Crippen molar-refractivity contribution in [3.63, 3.8) is 0 Å². The van der Waals surface area contributed by atoms with E-state index < -0.39 is 5.79 Å². The van der Waals surface area contributed by atoms with Gasteiger partial charge in [-0.05, 0) is 43.7 Å². The molecule has 8 heteroatoms. The van der Waals surface area contributed by atoms with Gasteiger partial charge in [0.05, 0.1) is 12.2 Å². The average Bonchev–Trinajstić information content (AvgIpc) is 3.17. The van der Waals surface area contributed by atoms with Crippen molar-refractivity contribution in [1.29, 1.82) is 10.5 Å². The monoisotopic (exact) mass is 458 g/mol. The summed E-state index contributed by atoms with van der Waals surface area (Å²) in [6.07, 6.45) is -0.146. The van der Waals surface area contributed by atoms with Crippen LogP contribution in [0.4, 0.5) is 5.82 Å². The number of nitrogens with two attached hydrogens (primary N) is 1. The van der Waals surface area contributed by atoms with Crippen LogP contribution in [0.3, 0.4) is 0 Å². The van der Waals surface area contributed by atoms with Crippen molar-refractivity contribution >= 4 is 17.6 Å². The van der Waals surface area contributed by atoms with Gasteiger partial charge in [-0.25, -0.2) is 4.98 Å². The van der Waals surface area contributed by atoms with E-state index in [0.29, 0.717) is 40.7 Å². The Labute approximate surface area is 196 Å². The Kier molecular flexibility index (Phi) is 6.52. The molecular formula is C25H22N4O3S. The van der Waals surface area contributed by atoms with Crippen LogP contribution in [0, 0.1) is 22.7 Å². The van der Waals surface area contributed by atoms with Crippen LogP contribution >= 0.6 is 11.8 Å². The number of nitrogens with zero attached hydrogens (tertiary/aromatic N) is 3. The SMILES string of the molecule is CC1(C)OCC(COc2ccc(-c3c(C#N)c(N)nc(Sc4ccccc4)c3C#N)cc2)O1. The van der Waals surface area contributed by atoms with Gasteiger partial charge in [-0.2, -0.15) is 10.5 Å². The summed E-state index contributed by atoms with van der Waals surface area (Å²) in [6.45, 7) is 4.56. The van der Waals surface area contributed by atoms with Crippen molar-refractivity contribution in [2.24, 2.45) is 0 Å². The summed E-state index contributed by atoms with van der Waals surface area (Å²) >= 11 is 1.33. The van der Waals surface area contributed by atoms with Gasteiger partial charge in [0.25, 0.3) is 0 Å². The molecule has 1 unspecified atom stereocenters. The predicted molar refractivity (Wildman–Crippen MR) is 124 cm³/mol. The molecule has 1 fully saturated rings. The summed E-state index contributed by atoms with van der Waals surface area (Å²) < 4.78 is 17.1. The third-order valence-electron chi connectivity index (χ3n) is 5.02. The highest BCUT2D eigenvalue weighted by atomic mass is 32.2. The summed E-state index contributed by atoms with van der Waals surface area (Å²) in [6, 6.07) is 21.1. The Bertz CT molecular complexity index is 1230. The van der Waals surface area contributed by atoms with E-state index in [4.69, 9.17) is 19.9 Å². The first-order chi connectivity index (χ1) is 15.9. The lowest BCUT2D eigenvalue weighted by Crippen LogP contribution is -2.25. The number of anilines is 1. The molecule has 0 radical (unpaired) electrons. The molecule has 1 aliphatic heterocycles. The minimum Gasteiger partial charge on any atom is -0.491 e. The van der Waals surface area contributed by atoms with Crippen LogP contribution in [-0.2, 0) is 9.47 Å². The zero-order valence-electron chi connectivity index (χ0n) is 18.2. The molecule has 0 bridgehead atoms. The molecule has 2 N–H and O–H groups in total. The molecule has 2 aromatic carbocycles. The minimum absolute atomic E-state index is 0.0891. The van der Waals surface area contributed by atoms with Crippen molar-refractivity contribution < 1.29 is 14.2 Å². The van der Waals surface area contributed by atoms with Gasteiger partial charge in [0, 0.05) is 10.5 Å². The summed E-state index contributed by atoms with van der Waals surface area (Å²) in [4.78, 5) is 5.26. The first kappa shape index (κ1) is 22.6. The predicted octanol–water partition coefficient (Wildman–Crippen LogP) is 4.76. The number of nitriles is 2. The molecule has 1 atom stereocenters. The van der Waals surface area contributed by atoms with Crippen LogP contribution in [-0.4, -0.2) is 30.1 Å². The van der Waals surface area contributed by atoms with Gasteiger partial charge in [-0.1, -0.05) is 42.1 Å². The van der Waals surface area contributed by atoms with E-state index >= 15 is 0 Å². The van der Waals surface area contributed by atoms with Crippen LogP contribution in [0.15, 0.2) is 64.5 Å². The third kappa shape index (κ3) is 5.10. The molecular weight excluding hydrogens is 436 g/mol. The molecule has 4 rings (SSSR count). The maximum absolute atomic E-state index is 9.95. The third-order valence-corrected chi connectivity index (χ3v) is 6.02. The van der Waals surface area contributed by atoms with Gasteiger partial charge in [-0.3, -0.25) is 0 Å². The lowest BCUT2D eigenvalue weighted by atomic mass is 9.97. The Balaban J connectivity index is 1.62. The summed E-state index contributed by atoms with van der Waals surface area (Å²) in [5, 5.41) is 20.1. The fourth-order valence-electron chi connectivity index (χ4n) is 3.51. The fourth-order valence-corrected chi connectivity index (χ4v) is 4.42. The van der Waals surface area contributed by atoms with Crippen LogP contribution < -0.4 is 10.5 Å². The molecule has 1 aromatic heterocycles. The van der Waals surface area contributed by atoms with Crippen molar-refractivity contribution in [2.75, 3.05) is 18.9 Å². The highest BCUT2D eigenvalue weighted by Crippen LogP contribution is 2.38. The standard InChI is InChI=1S/C25H22N4O3S/c1-25(2)31-15-18(32-25)14-30-17-10-8-16(9-11-17)22-20(12-26)23(28)29-24(21(22)13-27)33-19-6-4-3-5-7-19/h3-11,18H,14-15H2,1-2H3,(H2,28,29). The maximum atomic E-state index is 9.95. The van der Waals surface area contributed by atoms with E-state index in [9.17, 15) is 10.5 Å². The van der Waals surface area contributed by atoms with Gasteiger partial charge >= 0.3 is 0 Å². The molecule has 1 aliphatic rings. The Morgan fingerprint density at radius 2 is 1.79 bits per heavy atom. The number of rotatable bonds is 6. The Hall–Kier alpha value is -3.56. The number of benzene rings is 2. The Morgan fingerprint density at radius 3 is 2.39 bits per heavy atom. The molecule has 0 amide bonds. The maximum Gasteiger partial charge on any atom is 0.163 e. The zero-order chi connectivity index (χ0) is 23.4. The Morgan fingerprint density at radius 1 is 1.09 bits per heavy atom. The van der Waals surface area contributed by atoms with Gasteiger partial charge in [0.2, 0.25) is 0 Å². The summed E-state index contributed by atoms with van der Waals surface area (Å²) in [7, 11) is 0. The molecule has 166 valence electrons. The van der Waals surface area contributed by atoms with Crippen LogP contribution in [0.25, 0.3) is 11.1 Å². The average molecular weight is 459 g/mol. The van der Waals surface area contributed by atoms with E-state index in [-0.39, 0.29) is 17.5 Å². The van der Waals surface area contributed by atoms with E-state index in [1.807, 2.05) is 44.2 Å². The van der Waals surface area contributed by atoms with Gasteiger partial charge in [0.1, 0.15) is 47.0 Å². The molecule has 0 spiro atoms. The topological polar surface area (TPSA) is 114 Å². The van der Waals surface area contributed by atoms with Gasteiger partial charge in [-0.15, -0.1) is 0 Å². The van der Waals surface area contributed by atoms with Crippen molar-refractivity contribution in [2.45, 2.75) is 35.7 Å². The van der Waals surface area contributed by atoms with Gasteiger partial charge in [0.15, 0.2) is 5.79 Å². The molecule has 1 saturated heterocycles. The molecule has 33 heavy (non-hydrogen) atoms. The number of hydrogen-bond donors (Lipinski definition) is 1. The minimum atomic E-state index is -0.601. The van der Waals surface area contributed by atoms with Crippen molar-refractivity contribution in [3.8, 4) is 29.0 Å². The normalized spacial score (nSPS) is 16.7. The lowest BCUT2D eigenvalue weighted by molar-refractivity contribution is -0.141. The second-order valence-corrected chi connectivity index (χ2v) is 8.91. The highest BCUT2D eigenvalue weighted by molar-refractivity contribution is 7.99. The van der Waals surface area contributed by atoms with Crippen LogP contribution in [0.1, 0.15) is 25.0 Å². The first-order valence-electron chi connectivity index (χ1n) is 10.3. The van der Waals surface area contributed by atoms with Crippen molar-refractivity contribution in [3.05, 3.63) is 65.7 Å². The number of hydrogen-bond acceptors (Lipinski definition) is 8. The molecule has 3 aromatic rings. The smallest absolute Gasteiger partial charge is 0.163 e. The van der Waals surface area contributed by atoms with E-state index in [1.165, 1.54) is 11.8 Å². The van der Waals surface area contributed by atoms with Gasteiger partial charge < -0.3 is 19.9 Å². The van der Waals surface area contributed by atoms with E-state index in [2.05, 4.69) is 17.1 Å². The largest absolute Gasteiger partial charge is 0.491 e. The highest BCUT2D eigenvalue weighted by Gasteiger charge is 2.33. The second kappa shape index (κ2) is 9.51. The summed E-state index contributed by atoms with van der Waals surface area (Å²) in [5.41, 5.74) is 7.74. The lowest BCUT2D eigenvalue weighted by Gasteiger charge is -2.17. The molecule has 0 saturated carbocycles. The zero-order valence-corrected chi connectivity index (χ0v) is 19.1. The number of nitrogen functional groups attached to an aromatic ring is 1. The van der Waals surface area contributed by atoms with Crippen LogP contribution in [0.2, 0.25) is 0 Å². The quantitative estimate of drug-likeness (QED) is 0.562. The molecule has 0 aliphatic carbocycles. The number of pyridine rings is 1. The molecule has 2 heterocycles. The van der Waals surface area contributed by atoms with Crippen molar-refractivity contribution in [1.82, 2.24) is 4.98 Å². The van der Waals surface area contributed by atoms with E-state index in [0.717, 1.165) is 4.90 Å². The van der Waals surface area contributed by atoms with E-state index in [1.54, 1.807) is 24.3 Å².